The molecule has 0 spiro atoms. The molecule has 0 bridgehead atoms. The third-order valence-corrected chi connectivity index (χ3v) is 11.6. The monoisotopic (exact) mass is 1080 g/mol. The van der Waals surface area contributed by atoms with Crippen LogP contribution in [-0.2, 0) is 100 Å². The van der Waals surface area contributed by atoms with Gasteiger partial charge in [-0.1, -0.05) is 13.2 Å². The number of carbonyl (C=O) groups excluding carboxylic acids is 11. The SMILES string of the molecule is C=C(C)C(=O)OC(COC)COC(=O)CCC(=O)OCCOC(=O)C1CCC(C(=O)Oc2ccc(OC(=O)C3CCC(C(=O)OCCOC(=O)CCC(=O)OCC(COC)OC(=O)C(=C)C)CC3)c(C(=O)OC)c2)CC1. The average molecular weight is 1080 g/mol. The van der Waals surface area contributed by atoms with E-state index < -0.39 is 102 Å². The van der Waals surface area contributed by atoms with Crippen LogP contribution in [-0.4, -0.2) is 152 Å². The Hall–Kier alpha value is -7.21. The third-order valence-electron chi connectivity index (χ3n) is 11.6. The molecule has 2 aliphatic rings. The predicted octanol–water partition coefficient (Wildman–Crippen LogP) is 3.99. The Kier molecular flexibility index (Phi) is 27.9. The Morgan fingerprint density at radius 3 is 1.20 bits per heavy atom. The number of benzene rings is 1. The minimum atomic E-state index is -0.866. The van der Waals surface area contributed by atoms with E-state index in [-0.39, 0.29) is 120 Å². The van der Waals surface area contributed by atoms with Gasteiger partial charge in [0.25, 0.3) is 0 Å². The fourth-order valence-electron chi connectivity index (χ4n) is 7.46. The standard InChI is InChI=1S/C52H68O24/c1-31(2)46(57)74-38(27-64-5)29-71-44(55)20-18-42(53)67-22-24-69-48(59)33-8-12-35(13-9-33)50(61)73-37-16-17-41(40(26-37)52(63)66-7)76-51(62)36-14-10-34(11-15-36)49(60)70-25-23-68-43(54)19-21-45(56)72-30-39(28-65-6)75-47(58)32(3)4/h16-17,26,33-36,38-39H,1,3,8-15,18-25,27-30H2,2,4-7H3. The van der Waals surface area contributed by atoms with Crippen molar-refractivity contribution in [3.8, 4) is 11.5 Å². The Bertz CT molecular complexity index is 2220. The first kappa shape index (κ1) is 63.1. The molecule has 0 saturated heterocycles. The lowest BCUT2D eigenvalue weighted by molar-refractivity contribution is -0.161. The molecule has 76 heavy (non-hydrogen) atoms. The van der Waals surface area contributed by atoms with E-state index in [1.54, 1.807) is 0 Å². The van der Waals surface area contributed by atoms with Gasteiger partial charge in [-0.2, -0.15) is 0 Å². The first-order valence-electron chi connectivity index (χ1n) is 24.6. The van der Waals surface area contributed by atoms with E-state index in [4.69, 9.17) is 61.6 Å². The maximum absolute atomic E-state index is 13.2. The smallest absolute Gasteiger partial charge is 0.341 e. The Labute approximate surface area is 439 Å². The molecule has 2 atom stereocenters. The van der Waals surface area contributed by atoms with Gasteiger partial charge in [0.2, 0.25) is 0 Å². The lowest BCUT2D eigenvalue weighted by Crippen LogP contribution is -2.30. The topological polar surface area (TPSA) is 308 Å². The quantitative estimate of drug-likeness (QED) is 0.0334. The van der Waals surface area contributed by atoms with Gasteiger partial charge in [0, 0.05) is 25.4 Å². The van der Waals surface area contributed by atoms with Crippen molar-refractivity contribution in [3.05, 3.63) is 48.1 Å². The molecule has 2 unspecified atom stereocenters. The summed E-state index contributed by atoms with van der Waals surface area (Å²) in [6.07, 6.45) is -0.636. The number of ether oxygens (including phenoxy) is 13. The summed E-state index contributed by atoms with van der Waals surface area (Å²) in [6, 6.07) is 3.86. The zero-order valence-electron chi connectivity index (χ0n) is 43.6. The second kappa shape index (κ2) is 33.7. The molecule has 2 fully saturated rings. The Morgan fingerprint density at radius 1 is 0.474 bits per heavy atom. The van der Waals surface area contributed by atoms with Gasteiger partial charge in [-0.15, -0.1) is 0 Å². The third kappa shape index (κ3) is 23.1. The van der Waals surface area contributed by atoms with Gasteiger partial charge in [0.15, 0.2) is 12.2 Å². The van der Waals surface area contributed by atoms with Crippen molar-refractivity contribution in [2.75, 3.05) is 74.2 Å². The van der Waals surface area contributed by atoms with E-state index in [9.17, 15) is 52.7 Å². The summed E-state index contributed by atoms with van der Waals surface area (Å²) < 4.78 is 67.0. The van der Waals surface area contributed by atoms with Crippen molar-refractivity contribution in [1.82, 2.24) is 0 Å². The second-order valence-electron chi connectivity index (χ2n) is 17.8. The molecule has 0 amide bonds. The van der Waals surface area contributed by atoms with Crippen LogP contribution in [0.5, 0.6) is 11.5 Å². The molecule has 24 heteroatoms. The molecular formula is C52H68O24. The van der Waals surface area contributed by atoms with Crippen LogP contribution in [0, 0.1) is 23.7 Å². The highest BCUT2D eigenvalue weighted by atomic mass is 16.6. The number of methoxy groups -OCH3 is 3. The zero-order valence-corrected chi connectivity index (χ0v) is 43.6. The summed E-state index contributed by atoms with van der Waals surface area (Å²) >= 11 is 0. The van der Waals surface area contributed by atoms with E-state index in [1.807, 2.05) is 0 Å². The summed E-state index contributed by atoms with van der Waals surface area (Å²) in [6.45, 7) is 8.28. The van der Waals surface area contributed by atoms with E-state index in [0.29, 0.717) is 38.5 Å². The molecule has 0 aromatic heterocycles. The van der Waals surface area contributed by atoms with Gasteiger partial charge in [0.05, 0.1) is 69.7 Å². The van der Waals surface area contributed by atoms with Crippen LogP contribution < -0.4 is 9.47 Å². The summed E-state index contributed by atoms with van der Waals surface area (Å²) in [4.78, 5) is 137. The molecule has 0 heterocycles. The van der Waals surface area contributed by atoms with Crippen molar-refractivity contribution in [2.45, 2.75) is 103 Å². The van der Waals surface area contributed by atoms with E-state index in [0.717, 1.165) is 7.11 Å². The van der Waals surface area contributed by atoms with Gasteiger partial charge >= 0.3 is 65.7 Å². The van der Waals surface area contributed by atoms with Crippen molar-refractivity contribution in [1.29, 1.82) is 0 Å². The first-order valence-corrected chi connectivity index (χ1v) is 24.6. The van der Waals surface area contributed by atoms with Crippen molar-refractivity contribution in [2.24, 2.45) is 23.7 Å². The van der Waals surface area contributed by atoms with Gasteiger partial charge in [0.1, 0.15) is 56.7 Å². The molecule has 1 aromatic rings. The summed E-state index contributed by atoms with van der Waals surface area (Å²) in [7, 11) is 3.89. The highest BCUT2D eigenvalue weighted by Crippen LogP contribution is 2.34. The predicted molar refractivity (Wildman–Crippen MR) is 257 cm³/mol. The van der Waals surface area contributed by atoms with Crippen LogP contribution in [0.3, 0.4) is 0 Å². The second-order valence-corrected chi connectivity index (χ2v) is 17.8. The van der Waals surface area contributed by atoms with Crippen LogP contribution in [0.4, 0.5) is 0 Å². The normalized spacial score (nSPS) is 17.6. The maximum Gasteiger partial charge on any atom is 0.341 e. The van der Waals surface area contributed by atoms with Gasteiger partial charge in [-0.3, -0.25) is 38.4 Å². The first-order chi connectivity index (χ1) is 36.2. The van der Waals surface area contributed by atoms with E-state index >= 15 is 0 Å². The molecular weight excluding hydrogens is 1010 g/mol. The van der Waals surface area contributed by atoms with Crippen molar-refractivity contribution < 1.29 is 114 Å². The molecule has 0 radical (unpaired) electrons. The fourth-order valence-corrected chi connectivity index (χ4v) is 7.46. The van der Waals surface area contributed by atoms with Gasteiger partial charge in [-0.05, 0) is 83.4 Å². The zero-order chi connectivity index (χ0) is 56.2. The van der Waals surface area contributed by atoms with Crippen molar-refractivity contribution in [3.63, 3.8) is 0 Å². The molecule has 3 rings (SSSR count). The number of rotatable bonds is 31. The fraction of sp³-hybridized carbons (Fsp3) is 0.596. The average Bonchev–Trinajstić information content (AvgIpc) is 3.40. The molecule has 1 aromatic carbocycles. The summed E-state index contributed by atoms with van der Waals surface area (Å²) in [5.74, 6) is -9.86. The largest absolute Gasteiger partial charge is 0.465 e. The molecule has 24 nitrogen and oxygen atoms in total. The Balaban J connectivity index is 1.33. The number of hydrogen-bond acceptors (Lipinski definition) is 24. The number of esters is 11. The number of carbonyl (C=O) groups is 11. The highest BCUT2D eigenvalue weighted by Gasteiger charge is 2.34. The molecule has 0 aliphatic heterocycles. The van der Waals surface area contributed by atoms with Crippen molar-refractivity contribution >= 4 is 65.7 Å². The van der Waals surface area contributed by atoms with Gasteiger partial charge in [-0.25, -0.2) is 14.4 Å². The summed E-state index contributed by atoms with van der Waals surface area (Å²) in [5, 5.41) is 0. The highest BCUT2D eigenvalue weighted by molar-refractivity contribution is 5.94. The maximum atomic E-state index is 13.2. The molecule has 2 saturated carbocycles. The lowest BCUT2D eigenvalue weighted by atomic mass is 9.82. The molecule has 2 aliphatic carbocycles. The van der Waals surface area contributed by atoms with Crippen LogP contribution in [0.15, 0.2) is 42.5 Å². The van der Waals surface area contributed by atoms with Crippen LogP contribution in [0.25, 0.3) is 0 Å². The molecule has 420 valence electrons. The Morgan fingerprint density at radius 2 is 0.829 bits per heavy atom. The van der Waals surface area contributed by atoms with E-state index in [1.165, 1.54) is 46.3 Å². The van der Waals surface area contributed by atoms with Crippen LogP contribution in [0.1, 0.15) is 101 Å². The minimum absolute atomic E-state index is 0.0156. The van der Waals surface area contributed by atoms with Crippen LogP contribution >= 0.6 is 0 Å². The summed E-state index contributed by atoms with van der Waals surface area (Å²) in [5.41, 5.74) is 0.140. The molecule has 0 N–H and O–H groups in total. The lowest BCUT2D eigenvalue weighted by Gasteiger charge is -2.26. The van der Waals surface area contributed by atoms with Gasteiger partial charge < -0.3 is 61.6 Å². The van der Waals surface area contributed by atoms with E-state index in [2.05, 4.69) is 13.2 Å². The van der Waals surface area contributed by atoms with Crippen LogP contribution in [0.2, 0.25) is 0 Å². The number of hydrogen-bond donors (Lipinski definition) is 0. The minimum Gasteiger partial charge on any atom is -0.465 e.